The Balaban J connectivity index is 2.39. The first-order valence-electron chi connectivity index (χ1n) is 3.57. The molecular weight excluding hydrogens is 140 g/mol. The molecule has 0 amide bonds. The van der Waals surface area contributed by atoms with Crippen LogP contribution >= 0.6 is 0 Å². The van der Waals surface area contributed by atoms with Crippen LogP contribution in [0.1, 0.15) is 6.92 Å². The van der Waals surface area contributed by atoms with Gasteiger partial charge in [0.05, 0.1) is 0 Å². The summed E-state index contributed by atoms with van der Waals surface area (Å²) < 4.78 is 5.30. The maximum absolute atomic E-state index is 5.50. The standard InChI is InChI=1S/C8H12N2O/c1-7(9)6-11-8-2-4-10-5-3-8/h2-5,7H,6,9H2,1H3. The second-order valence-corrected chi connectivity index (χ2v) is 2.47. The lowest BCUT2D eigenvalue weighted by Crippen LogP contribution is -2.23. The molecule has 0 fully saturated rings. The predicted octanol–water partition coefficient (Wildman–Crippen LogP) is 0.808. The molecular formula is C8H12N2O. The summed E-state index contributed by atoms with van der Waals surface area (Å²) in [4.78, 5) is 3.86. The Bertz CT molecular complexity index is 199. The first-order chi connectivity index (χ1) is 5.29. The average Bonchev–Trinajstić information content (AvgIpc) is 2.03. The van der Waals surface area contributed by atoms with E-state index >= 15 is 0 Å². The summed E-state index contributed by atoms with van der Waals surface area (Å²) in [6.07, 6.45) is 3.38. The van der Waals surface area contributed by atoms with E-state index in [1.807, 2.05) is 19.1 Å². The minimum atomic E-state index is 0.0724. The largest absolute Gasteiger partial charge is 0.492 e. The smallest absolute Gasteiger partial charge is 0.122 e. The first-order valence-corrected chi connectivity index (χ1v) is 3.57. The van der Waals surface area contributed by atoms with Crippen molar-refractivity contribution in [1.82, 2.24) is 4.98 Å². The monoisotopic (exact) mass is 152 g/mol. The van der Waals surface area contributed by atoms with Crippen molar-refractivity contribution in [3.63, 3.8) is 0 Å². The Hall–Kier alpha value is -1.09. The number of rotatable bonds is 3. The van der Waals surface area contributed by atoms with Crippen LogP contribution in [-0.2, 0) is 0 Å². The lowest BCUT2D eigenvalue weighted by molar-refractivity contribution is 0.296. The fraction of sp³-hybridized carbons (Fsp3) is 0.375. The van der Waals surface area contributed by atoms with Crippen LogP contribution in [0.4, 0.5) is 0 Å². The molecule has 1 aromatic rings. The molecule has 1 aromatic heterocycles. The molecule has 0 aliphatic heterocycles. The zero-order valence-electron chi connectivity index (χ0n) is 6.53. The van der Waals surface area contributed by atoms with Gasteiger partial charge in [-0.15, -0.1) is 0 Å². The van der Waals surface area contributed by atoms with Gasteiger partial charge in [0.1, 0.15) is 12.4 Å². The molecule has 1 atom stereocenters. The zero-order valence-corrected chi connectivity index (χ0v) is 6.53. The van der Waals surface area contributed by atoms with E-state index in [-0.39, 0.29) is 6.04 Å². The van der Waals surface area contributed by atoms with Gasteiger partial charge in [0.25, 0.3) is 0 Å². The molecule has 2 N–H and O–H groups in total. The molecule has 60 valence electrons. The lowest BCUT2D eigenvalue weighted by atomic mass is 10.4. The highest BCUT2D eigenvalue weighted by atomic mass is 16.5. The van der Waals surface area contributed by atoms with Crippen LogP contribution in [0, 0.1) is 0 Å². The Kier molecular flexibility index (Phi) is 2.86. The van der Waals surface area contributed by atoms with Gasteiger partial charge >= 0.3 is 0 Å². The third-order valence-corrected chi connectivity index (χ3v) is 1.16. The van der Waals surface area contributed by atoms with Crippen molar-refractivity contribution >= 4 is 0 Å². The van der Waals surface area contributed by atoms with E-state index in [0.717, 1.165) is 5.75 Å². The topological polar surface area (TPSA) is 48.1 Å². The normalized spacial score (nSPS) is 12.5. The van der Waals surface area contributed by atoms with Gasteiger partial charge in [-0.2, -0.15) is 0 Å². The zero-order chi connectivity index (χ0) is 8.10. The molecule has 0 aliphatic carbocycles. The van der Waals surface area contributed by atoms with Crippen molar-refractivity contribution in [2.75, 3.05) is 6.61 Å². The molecule has 0 saturated carbocycles. The highest BCUT2D eigenvalue weighted by Crippen LogP contribution is 2.06. The Morgan fingerprint density at radius 3 is 2.73 bits per heavy atom. The fourth-order valence-corrected chi connectivity index (χ4v) is 0.662. The summed E-state index contributed by atoms with van der Waals surface area (Å²) in [5.41, 5.74) is 5.50. The number of ether oxygens (including phenoxy) is 1. The van der Waals surface area contributed by atoms with Crippen LogP contribution in [0.15, 0.2) is 24.5 Å². The molecule has 1 rings (SSSR count). The molecule has 1 unspecified atom stereocenters. The van der Waals surface area contributed by atoms with Crippen LogP contribution in [0.5, 0.6) is 5.75 Å². The SMILES string of the molecule is CC(N)COc1ccncc1. The molecule has 0 radical (unpaired) electrons. The number of nitrogens with two attached hydrogens (primary N) is 1. The van der Waals surface area contributed by atoms with Crippen LogP contribution < -0.4 is 10.5 Å². The van der Waals surface area contributed by atoms with Gasteiger partial charge in [0, 0.05) is 18.4 Å². The minimum absolute atomic E-state index is 0.0724. The Labute approximate surface area is 66.2 Å². The maximum Gasteiger partial charge on any atom is 0.122 e. The second kappa shape index (κ2) is 3.93. The minimum Gasteiger partial charge on any atom is -0.492 e. The van der Waals surface area contributed by atoms with Crippen LogP contribution in [-0.4, -0.2) is 17.6 Å². The molecule has 0 aromatic carbocycles. The molecule has 0 bridgehead atoms. The molecule has 0 aliphatic rings. The quantitative estimate of drug-likeness (QED) is 0.697. The van der Waals surface area contributed by atoms with Gasteiger partial charge in [-0.1, -0.05) is 0 Å². The lowest BCUT2D eigenvalue weighted by Gasteiger charge is -2.07. The van der Waals surface area contributed by atoms with E-state index in [9.17, 15) is 0 Å². The van der Waals surface area contributed by atoms with Gasteiger partial charge in [-0.3, -0.25) is 4.98 Å². The third-order valence-electron chi connectivity index (χ3n) is 1.16. The number of hydrogen-bond acceptors (Lipinski definition) is 3. The van der Waals surface area contributed by atoms with E-state index in [4.69, 9.17) is 10.5 Å². The highest BCUT2D eigenvalue weighted by Gasteiger charge is 1.94. The summed E-state index contributed by atoms with van der Waals surface area (Å²) in [5.74, 6) is 0.817. The molecule has 0 saturated heterocycles. The molecule has 11 heavy (non-hydrogen) atoms. The van der Waals surface area contributed by atoms with E-state index in [1.165, 1.54) is 0 Å². The summed E-state index contributed by atoms with van der Waals surface area (Å²) >= 11 is 0. The fourth-order valence-electron chi connectivity index (χ4n) is 0.662. The average molecular weight is 152 g/mol. The van der Waals surface area contributed by atoms with Gasteiger partial charge in [-0.05, 0) is 19.1 Å². The van der Waals surface area contributed by atoms with Gasteiger partial charge in [0.15, 0.2) is 0 Å². The molecule has 3 heteroatoms. The molecule has 3 nitrogen and oxygen atoms in total. The Morgan fingerprint density at radius 1 is 1.55 bits per heavy atom. The van der Waals surface area contributed by atoms with E-state index in [0.29, 0.717) is 6.61 Å². The summed E-state index contributed by atoms with van der Waals surface area (Å²) in [7, 11) is 0. The summed E-state index contributed by atoms with van der Waals surface area (Å²) in [6.45, 7) is 2.45. The van der Waals surface area contributed by atoms with Crippen molar-refractivity contribution in [3.8, 4) is 5.75 Å². The van der Waals surface area contributed by atoms with Crippen molar-refractivity contribution in [2.45, 2.75) is 13.0 Å². The van der Waals surface area contributed by atoms with E-state index < -0.39 is 0 Å². The molecule has 0 spiro atoms. The highest BCUT2D eigenvalue weighted by molar-refractivity contribution is 5.16. The van der Waals surface area contributed by atoms with Crippen LogP contribution in [0.3, 0.4) is 0 Å². The van der Waals surface area contributed by atoms with Crippen molar-refractivity contribution in [3.05, 3.63) is 24.5 Å². The first kappa shape index (κ1) is 8.01. The van der Waals surface area contributed by atoms with Gasteiger partial charge in [-0.25, -0.2) is 0 Å². The number of hydrogen-bond donors (Lipinski definition) is 1. The predicted molar refractivity (Wildman–Crippen MR) is 43.4 cm³/mol. The van der Waals surface area contributed by atoms with E-state index in [2.05, 4.69) is 4.98 Å². The van der Waals surface area contributed by atoms with Crippen molar-refractivity contribution in [1.29, 1.82) is 0 Å². The maximum atomic E-state index is 5.50. The molecule has 1 heterocycles. The van der Waals surface area contributed by atoms with E-state index in [1.54, 1.807) is 12.4 Å². The third kappa shape index (κ3) is 3.00. The van der Waals surface area contributed by atoms with Crippen molar-refractivity contribution in [2.24, 2.45) is 5.73 Å². The number of aromatic nitrogens is 1. The van der Waals surface area contributed by atoms with Crippen molar-refractivity contribution < 1.29 is 4.74 Å². The van der Waals surface area contributed by atoms with Gasteiger partial charge < -0.3 is 10.5 Å². The van der Waals surface area contributed by atoms with Crippen LogP contribution in [0.2, 0.25) is 0 Å². The second-order valence-electron chi connectivity index (χ2n) is 2.47. The summed E-state index contributed by atoms with van der Waals surface area (Å²) in [6, 6.07) is 3.69. The number of pyridine rings is 1. The van der Waals surface area contributed by atoms with Gasteiger partial charge in [0.2, 0.25) is 0 Å². The number of nitrogens with zero attached hydrogens (tertiary/aromatic N) is 1. The van der Waals surface area contributed by atoms with Crippen LogP contribution in [0.25, 0.3) is 0 Å². The Morgan fingerprint density at radius 2 is 2.18 bits per heavy atom. The summed E-state index contributed by atoms with van der Waals surface area (Å²) in [5, 5.41) is 0.